The van der Waals surface area contributed by atoms with Crippen molar-refractivity contribution in [2.75, 3.05) is 18.8 Å². The van der Waals surface area contributed by atoms with Crippen molar-refractivity contribution < 1.29 is 9.18 Å². The third-order valence-corrected chi connectivity index (χ3v) is 7.30. The molecule has 1 saturated heterocycles. The average molecular weight is 496 g/mol. The lowest BCUT2D eigenvalue weighted by Gasteiger charge is -2.26. The van der Waals surface area contributed by atoms with Crippen molar-refractivity contribution in [3.05, 3.63) is 77.4 Å². The van der Waals surface area contributed by atoms with Gasteiger partial charge in [-0.15, -0.1) is 10.2 Å². The number of rotatable bonds is 10. The molecule has 35 heavy (non-hydrogen) atoms. The second-order valence-corrected chi connectivity index (χ2v) is 10.4. The molecule has 8 heteroatoms. The Bertz CT molecular complexity index is 1080. The summed E-state index contributed by atoms with van der Waals surface area (Å²) in [5, 5.41) is 12.8. The van der Waals surface area contributed by atoms with Crippen LogP contribution in [0, 0.1) is 11.7 Å². The van der Waals surface area contributed by atoms with Crippen molar-refractivity contribution in [3.8, 4) is 0 Å². The van der Waals surface area contributed by atoms with E-state index in [2.05, 4.69) is 37.1 Å². The van der Waals surface area contributed by atoms with E-state index < -0.39 is 0 Å². The van der Waals surface area contributed by atoms with Crippen LogP contribution in [-0.4, -0.2) is 44.4 Å². The first-order valence-electron chi connectivity index (χ1n) is 12.4. The van der Waals surface area contributed by atoms with E-state index in [1.54, 1.807) is 12.1 Å². The van der Waals surface area contributed by atoms with Crippen LogP contribution in [0.4, 0.5) is 4.39 Å². The second kappa shape index (κ2) is 12.3. The minimum atomic E-state index is -0.281. The standard InChI is InChI=1S/C27H34FN5OS/c1-20(2)26(22-11-13-23(28)14-12-22)29-25(34)19-35-27-31-30-24(18-32-15-7-4-8-16-32)33(27)17-21-9-5-3-6-10-21/h3,5-6,9-14,20,26H,4,7-8,15-19H2,1-2H3,(H,29,34). The summed E-state index contributed by atoms with van der Waals surface area (Å²) < 4.78 is 15.5. The van der Waals surface area contributed by atoms with Crippen molar-refractivity contribution in [2.24, 2.45) is 5.92 Å². The number of thioether (sulfide) groups is 1. The number of aromatic nitrogens is 3. The largest absolute Gasteiger partial charge is 0.348 e. The highest BCUT2D eigenvalue weighted by atomic mass is 32.2. The molecular weight excluding hydrogens is 461 g/mol. The fraction of sp³-hybridized carbons (Fsp3) is 0.444. The molecule has 186 valence electrons. The molecule has 1 aliphatic rings. The van der Waals surface area contributed by atoms with E-state index in [1.807, 2.05) is 32.0 Å². The van der Waals surface area contributed by atoms with Crippen LogP contribution in [0.3, 0.4) is 0 Å². The third kappa shape index (κ3) is 7.15. The Labute approximate surface area is 211 Å². The van der Waals surface area contributed by atoms with Gasteiger partial charge in [0.2, 0.25) is 5.91 Å². The van der Waals surface area contributed by atoms with Crippen LogP contribution >= 0.6 is 11.8 Å². The summed E-state index contributed by atoms with van der Waals surface area (Å²) in [5.41, 5.74) is 2.07. The van der Waals surface area contributed by atoms with Crippen LogP contribution in [0.5, 0.6) is 0 Å². The number of hydrogen-bond acceptors (Lipinski definition) is 5. The van der Waals surface area contributed by atoms with E-state index in [-0.39, 0.29) is 29.4 Å². The van der Waals surface area contributed by atoms with Crippen LogP contribution < -0.4 is 5.32 Å². The van der Waals surface area contributed by atoms with Gasteiger partial charge in [-0.3, -0.25) is 9.69 Å². The highest BCUT2D eigenvalue weighted by molar-refractivity contribution is 7.99. The zero-order chi connectivity index (χ0) is 24.6. The summed E-state index contributed by atoms with van der Waals surface area (Å²) in [5.74, 6) is 0.986. The summed E-state index contributed by atoms with van der Waals surface area (Å²) in [6.07, 6.45) is 3.73. The van der Waals surface area contributed by atoms with Crippen molar-refractivity contribution in [2.45, 2.75) is 57.4 Å². The van der Waals surface area contributed by atoms with Crippen LogP contribution in [0.15, 0.2) is 59.8 Å². The lowest BCUT2D eigenvalue weighted by atomic mass is 9.96. The van der Waals surface area contributed by atoms with E-state index >= 15 is 0 Å². The fourth-order valence-corrected chi connectivity index (χ4v) is 5.20. The smallest absolute Gasteiger partial charge is 0.230 e. The number of carbonyl (C=O) groups is 1. The van der Waals surface area contributed by atoms with Gasteiger partial charge in [-0.25, -0.2) is 4.39 Å². The van der Waals surface area contributed by atoms with Gasteiger partial charge >= 0.3 is 0 Å². The summed E-state index contributed by atoms with van der Waals surface area (Å²) in [6, 6.07) is 16.4. The molecule has 1 atom stereocenters. The molecular formula is C27H34FN5OS. The molecule has 1 fully saturated rings. The number of carbonyl (C=O) groups excluding carboxylic acids is 1. The number of likely N-dealkylation sites (tertiary alicyclic amines) is 1. The number of nitrogens with one attached hydrogen (secondary N) is 1. The number of nitrogens with zero attached hydrogens (tertiary/aromatic N) is 4. The van der Waals surface area contributed by atoms with Gasteiger partial charge in [-0.1, -0.05) is 74.5 Å². The lowest BCUT2D eigenvalue weighted by molar-refractivity contribution is -0.119. The zero-order valence-corrected chi connectivity index (χ0v) is 21.3. The van der Waals surface area contributed by atoms with E-state index in [4.69, 9.17) is 0 Å². The highest BCUT2D eigenvalue weighted by Gasteiger charge is 2.21. The molecule has 2 heterocycles. The maximum atomic E-state index is 13.4. The molecule has 3 aromatic rings. The SMILES string of the molecule is CC(C)C(NC(=O)CSc1nnc(CN2CCCCC2)n1Cc1ccccc1)c1ccc(F)cc1. The zero-order valence-electron chi connectivity index (χ0n) is 20.5. The van der Waals surface area contributed by atoms with E-state index in [9.17, 15) is 9.18 Å². The lowest BCUT2D eigenvalue weighted by Crippen LogP contribution is -2.33. The van der Waals surface area contributed by atoms with Gasteiger partial charge in [0.15, 0.2) is 5.16 Å². The van der Waals surface area contributed by atoms with E-state index in [0.29, 0.717) is 6.54 Å². The molecule has 0 radical (unpaired) electrons. The topological polar surface area (TPSA) is 63.1 Å². The molecule has 0 bridgehead atoms. The molecule has 1 unspecified atom stereocenters. The second-order valence-electron chi connectivity index (χ2n) is 9.44. The Balaban J connectivity index is 1.45. The molecule has 0 saturated carbocycles. The average Bonchev–Trinajstić information content (AvgIpc) is 3.23. The van der Waals surface area contributed by atoms with Crippen molar-refractivity contribution >= 4 is 17.7 Å². The summed E-state index contributed by atoms with van der Waals surface area (Å²) >= 11 is 1.41. The first-order chi connectivity index (χ1) is 17.0. The minimum absolute atomic E-state index is 0.0788. The van der Waals surface area contributed by atoms with Crippen molar-refractivity contribution in [1.29, 1.82) is 0 Å². The van der Waals surface area contributed by atoms with Crippen LogP contribution in [0.1, 0.15) is 56.1 Å². The molecule has 6 nitrogen and oxygen atoms in total. The summed E-state index contributed by atoms with van der Waals surface area (Å²) in [7, 11) is 0. The number of piperidine rings is 1. The molecule has 1 amide bonds. The maximum Gasteiger partial charge on any atom is 0.230 e. The first kappa shape index (κ1) is 25.4. The minimum Gasteiger partial charge on any atom is -0.348 e. The van der Waals surface area contributed by atoms with Crippen molar-refractivity contribution in [3.63, 3.8) is 0 Å². The molecule has 1 aromatic heterocycles. The summed E-state index contributed by atoms with van der Waals surface area (Å²) in [4.78, 5) is 15.3. The molecule has 0 aliphatic carbocycles. The van der Waals surface area contributed by atoms with Crippen LogP contribution in [-0.2, 0) is 17.9 Å². The first-order valence-corrected chi connectivity index (χ1v) is 13.3. The van der Waals surface area contributed by atoms with Gasteiger partial charge in [-0.2, -0.15) is 0 Å². The Hall–Kier alpha value is -2.71. The van der Waals surface area contributed by atoms with Gasteiger partial charge in [-0.05, 0) is 55.1 Å². The monoisotopic (exact) mass is 495 g/mol. The van der Waals surface area contributed by atoms with Crippen LogP contribution in [0.25, 0.3) is 0 Å². The van der Waals surface area contributed by atoms with Gasteiger partial charge in [0, 0.05) is 0 Å². The predicted octanol–water partition coefficient (Wildman–Crippen LogP) is 5.06. The summed E-state index contributed by atoms with van der Waals surface area (Å²) in [6.45, 7) is 7.71. The Morgan fingerprint density at radius 3 is 2.40 bits per heavy atom. The van der Waals surface area contributed by atoms with Gasteiger partial charge in [0.05, 0.1) is 24.9 Å². The van der Waals surface area contributed by atoms with Crippen molar-refractivity contribution in [1.82, 2.24) is 25.0 Å². The van der Waals surface area contributed by atoms with Gasteiger partial charge in [0.25, 0.3) is 0 Å². The maximum absolute atomic E-state index is 13.4. The number of amides is 1. The molecule has 0 spiro atoms. The van der Waals surface area contributed by atoms with Gasteiger partial charge in [0.1, 0.15) is 11.6 Å². The fourth-order valence-electron chi connectivity index (χ4n) is 4.44. The number of benzene rings is 2. The number of hydrogen-bond donors (Lipinski definition) is 1. The molecule has 1 N–H and O–H groups in total. The van der Waals surface area contributed by atoms with E-state index in [0.717, 1.165) is 36.2 Å². The van der Waals surface area contributed by atoms with E-state index in [1.165, 1.54) is 48.7 Å². The predicted molar refractivity (Wildman–Crippen MR) is 138 cm³/mol. The Morgan fingerprint density at radius 1 is 1.00 bits per heavy atom. The Morgan fingerprint density at radius 2 is 1.71 bits per heavy atom. The molecule has 4 rings (SSSR count). The molecule has 2 aromatic carbocycles. The number of halogens is 1. The van der Waals surface area contributed by atoms with Gasteiger partial charge < -0.3 is 9.88 Å². The third-order valence-electron chi connectivity index (χ3n) is 6.34. The van der Waals surface area contributed by atoms with Crippen LogP contribution in [0.2, 0.25) is 0 Å². The normalized spacial score (nSPS) is 15.3. The molecule has 1 aliphatic heterocycles. The Kier molecular flexibility index (Phi) is 8.93. The quantitative estimate of drug-likeness (QED) is 0.399. The highest BCUT2D eigenvalue weighted by Crippen LogP contribution is 2.24.